The van der Waals surface area contributed by atoms with Crippen LogP contribution in [0, 0.1) is 6.92 Å². The Morgan fingerprint density at radius 3 is 2.74 bits per heavy atom. The first kappa shape index (κ1) is 15.6. The molecule has 0 bridgehead atoms. The smallest absolute Gasteiger partial charge is 0.251 e. The maximum Gasteiger partial charge on any atom is 0.251 e. The Bertz CT molecular complexity index is 847. The van der Waals surface area contributed by atoms with E-state index in [9.17, 15) is 4.79 Å². The van der Waals surface area contributed by atoms with Gasteiger partial charge in [-0.1, -0.05) is 6.07 Å². The molecule has 0 aliphatic rings. The molecule has 0 amide bonds. The Kier molecular flexibility index (Phi) is 4.35. The number of hydrogen-bond donors (Lipinski definition) is 1. The van der Waals surface area contributed by atoms with Crippen molar-refractivity contribution in [2.45, 2.75) is 19.3 Å². The van der Waals surface area contributed by atoms with Crippen LogP contribution in [0.15, 0.2) is 51.9 Å². The highest BCUT2D eigenvalue weighted by Gasteiger charge is 2.17. The van der Waals surface area contributed by atoms with Crippen LogP contribution in [0.4, 0.5) is 0 Å². The second-order valence-corrected chi connectivity index (χ2v) is 6.29. The zero-order valence-electron chi connectivity index (χ0n) is 13.8. The van der Waals surface area contributed by atoms with E-state index in [4.69, 9.17) is 4.42 Å². The lowest BCUT2D eigenvalue weighted by Crippen LogP contribution is -2.16. The molecule has 23 heavy (non-hydrogen) atoms. The normalized spacial score (nSPS) is 12.9. The zero-order valence-corrected chi connectivity index (χ0v) is 13.8. The number of aryl methyl sites for hydroxylation is 1. The van der Waals surface area contributed by atoms with Gasteiger partial charge in [-0.3, -0.25) is 4.79 Å². The lowest BCUT2D eigenvalue weighted by Gasteiger charge is -2.18. The van der Waals surface area contributed by atoms with E-state index < -0.39 is 0 Å². The molecule has 1 atom stereocenters. The van der Waals surface area contributed by atoms with Gasteiger partial charge in [0, 0.05) is 17.0 Å². The van der Waals surface area contributed by atoms with Crippen molar-refractivity contribution in [2.24, 2.45) is 0 Å². The summed E-state index contributed by atoms with van der Waals surface area (Å²) in [7, 11) is 4.15. The number of benzene rings is 1. The molecular formula is C19H22N2O2. The average molecular weight is 310 g/mol. The summed E-state index contributed by atoms with van der Waals surface area (Å²) in [6, 6.07) is 12.1. The van der Waals surface area contributed by atoms with Crippen molar-refractivity contribution in [2.75, 3.05) is 20.6 Å². The summed E-state index contributed by atoms with van der Waals surface area (Å²) in [5.74, 6) is 1.19. The number of H-pyrrole nitrogens is 1. The Morgan fingerprint density at radius 1 is 1.22 bits per heavy atom. The standard InChI is InChI=1S/C19H22N2O2/c1-13-11-15-12-14(6-7-17(15)20-19(13)22)16(8-9-21(2)3)18-5-4-10-23-18/h4-7,10-12,16H,8-9H2,1-3H3,(H,20,22). The Hall–Kier alpha value is -2.33. The van der Waals surface area contributed by atoms with Crippen LogP contribution in [-0.2, 0) is 0 Å². The molecule has 1 aromatic carbocycles. The third-order valence-electron chi connectivity index (χ3n) is 4.21. The van der Waals surface area contributed by atoms with E-state index in [1.54, 1.807) is 6.26 Å². The van der Waals surface area contributed by atoms with Crippen molar-refractivity contribution in [1.82, 2.24) is 9.88 Å². The lowest BCUT2D eigenvalue weighted by atomic mass is 9.92. The highest BCUT2D eigenvalue weighted by Crippen LogP contribution is 2.30. The van der Waals surface area contributed by atoms with Crippen LogP contribution in [0.25, 0.3) is 10.9 Å². The van der Waals surface area contributed by atoms with Gasteiger partial charge in [0.15, 0.2) is 0 Å². The molecule has 2 aromatic heterocycles. The third kappa shape index (κ3) is 3.37. The minimum Gasteiger partial charge on any atom is -0.469 e. The molecule has 4 nitrogen and oxygen atoms in total. The monoisotopic (exact) mass is 310 g/mol. The second kappa shape index (κ2) is 6.42. The molecule has 1 unspecified atom stereocenters. The van der Waals surface area contributed by atoms with Gasteiger partial charge in [-0.2, -0.15) is 0 Å². The van der Waals surface area contributed by atoms with E-state index in [0.717, 1.165) is 35.2 Å². The number of aromatic amines is 1. The van der Waals surface area contributed by atoms with Crippen molar-refractivity contribution in [3.8, 4) is 0 Å². The number of nitrogens with one attached hydrogen (secondary N) is 1. The molecule has 0 saturated carbocycles. The molecule has 1 N–H and O–H groups in total. The molecule has 0 aliphatic carbocycles. The predicted octanol–water partition coefficient (Wildman–Crippen LogP) is 3.51. The summed E-state index contributed by atoms with van der Waals surface area (Å²) in [6.07, 6.45) is 2.70. The van der Waals surface area contributed by atoms with Crippen LogP contribution in [-0.4, -0.2) is 30.5 Å². The molecule has 0 saturated heterocycles. The molecule has 3 rings (SSSR count). The molecule has 3 aromatic rings. The average Bonchev–Trinajstić information content (AvgIpc) is 3.02. The highest BCUT2D eigenvalue weighted by molar-refractivity contribution is 5.80. The first-order valence-corrected chi connectivity index (χ1v) is 7.86. The molecule has 2 heterocycles. The zero-order chi connectivity index (χ0) is 16.4. The summed E-state index contributed by atoms with van der Waals surface area (Å²) >= 11 is 0. The maximum atomic E-state index is 11.7. The number of hydrogen-bond acceptors (Lipinski definition) is 3. The van der Waals surface area contributed by atoms with Crippen LogP contribution < -0.4 is 5.56 Å². The number of nitrogens with zero attached hydrogens (tertiary/aromatic N) is 1. The van der Waals surface area contributed by atoms with E-state index >= 15 is 0 Å². The van der Waals surface area contributed by atoms with Gasteiger partial charge in [0.25, 0.3) is 5.56 Å². The number of furan rings is 1. The quantitative estimate of drug-likeness (QED) is 0.784. The molecule has 0 aliphatic heterocycles. The third-order valence-corrected chi connectivity index (χ3v) is 4.21. The van der Waals surface area contributed by atoms with Crippen LogP contribution in [0.3, 0.4) is 0 Å². The SMILES string of the molecule is Cc1cc2cc(C(CCN(C)C)c3ccco3)ccc2[nH]c1=O. The van der Waals surface area contributed by atoms with Gasteiger partial charge in [-0.05, 0) is 75.3 Å². The fraction of sp³-hybridized carbons (Fsp3) is 0.316. The fourth-order valence-electron chi connectivity index (χ4n) is 2.90. The Labute approximate surface area is 135 Å². The second-order valence-electron chi connectivity index (χ2n) is 6.29. The molecule has 0 radical (unpaired) electrons. The summed E-state index contributed by atoms with van der Waals surface area (Å²) < 4.78 is 5.66. The molecule has 4 heteroatoms. The van der Waals surface area contributed by atoms with Gasteiger partial charge < -0.3 is 14.3 Å². The Morgan fingerprint density at radius 2 is 2.04 bits per heavy atom. The lowest BCUT2D eigenvalue weighted by molar-refractivity contribution is 0.374. The van der Waals surface area contributed by atoms with E-state index in [-0.39, 0.29) is 11.5 Å². The van der Waals surface area contributed by atoms with Crippen molar-refractivity contribution in [3.63, 3.8) is 0 Å². The summed E-state index contributed by atoms with van der Waals surface area (Å²) in [4.78, 5) is 16.8. The minimum atomic E-state index is -0.0274. The number of fused-ring (bicyclic) bond motifs is 1. The van der Waals surface area contributed by atoms with Gasteiger partial charge in [0.05, 0.1) is 6.26 Å². The molecule has 0 spiro atoms. The summed E-state index contributed by atoms with van der Waals surface area (Å²) in [5, 5.41) is 1.06. The summed E-state index contributed by atoms with van der Waals surface area (Å²) in [6.45, 7) is 2.81. The van der Waals surface area contributed by atoms with Crippen molar-refractivity contribution in [3.05, 3.63) is 69.9 Å². The van der Waals surface area contributed by atoms with Crippen LogP contribution in [0.5, 0.6) is 0 Å². The largest absolute Gasteiger partial charge is 0.469 e. The first-order chi connectivity index (χ1) is 11.0. The molecular weight excluding hydrogens is 288 g/mol. The van der Waals surface area contributed by atoms with Gasteiger partial charge in [0.1, 0.15) is 5.76 Å². The molecule has 120 valence electrons. The van der Waals surface area contributed by atoms with E-state index in [2.05, 4.69) is 36.1 Å². The van der Waals surface area contributed by atoms with Gasteiger partial charge >= 0.3 is 0 Å². The fourth-order valence-corrected chi connectivity index (χ4v) is 2.90. The number of pyridine rings is 1. The van der Waals surface area contributed by atoms with Gasteiger partial charge in [-0.15, -0.1) is 0 Å². The van der Waals surface area contributed by atoms with E-state index in [1.807, 2.05) is 31.2 Å². The highest BCUT2D eigenvalue weighted by atomic mass is 16.3. The van der Waals surface area contributed by atoms with Gasteiger partial charge in [0.2, 0.25) is 0 Å². The van der Waals surface area contributed by atoms with Crippen molar-refractivity contribution >= 4 is 10.9 Å². The topological polar surface area (TPSA) is 49.2 Å². The first-order valence-electron chi connectivity index (χ1n) is 7.86. The summed E-state index contributed by atoms with van der Waals surface area (Å²) in [5.41, 5.74) is 2.79. The van der Waals surface area contributed by atoms with Crippen molar-refractivity contribution in [1.29, 1.82) is 0 Å². The van der Waals surface area contributed by atoms with E-state index in [0.29, 0.717) is 0 Å². The predicted molar refractivity (Wildman–Crippen MR) is 93.0 cm³/mol. The maximum absolute atomic E-state index is 11.7. The van der Waals surface area contributed by atoms with Crippen LogP contribution in [0.1, 0.15) is 29.2 Å². The van der Waals surface area contributed by atoms with Crippen LogP contribution in [0.2, 0.25) is 0 Å². The van der Waals surface area contributed by atoms with Crippen LogP contribution >= 0.6 is 0 Å². The Balaban J connectivity index is 2.03. The number of rotatable bonds is 5. The minimum absolute atomic E-state index is 0.0274. The van der Waals surface area contributed by atoms with Crippen molar-refractivity contribution < 1.29 is 4.42 Å². The molecule has 0 fully saturated rings. The van der Waals surface area contributed by atoms with Gasteiger partial charge in [-0.25, -0.2) is 0 Å². The number of aromatic nitrogens is 1. The van der Waals surface area contributed by atoms with E-state index in [1.165, 1.54) is 5.56 Å².